The lowest BCUT2D eigenvalue weighted by atomic mass is 10.0. The molecule has 3 aromatic carbocycles. The van der Waals surface area contributed by atoms with E-state index in [0.717, 1.165) is 19.2 Å². The predicted molar refractivity (Wildman–Crippen MR) is 161 cm³/mol. The first-order valence-electron chi connectivity index (χ1n) is 12.9. The van der Waals surface area contributed by atoms with Crippen molar-refractivity contribution in [3.8, 4) is 22.6 Å². The van der Waals surface area contributed by atoms with Crippen molar-refractivity contribution in [2.24, 2.45) is 0 Å². The first-order valence-corrected chi connectivity index (χ1v) is 17.6. The lowest BCUT2D eigenvalue weighted by Gasteiger charge is -2.36. The number of sulfonamides is 1. The fourth-order valence-electron chi connectivity index (χ4n) is 3.71. The molecule has 3 aromatic rings. The van der Waals surface area contributed by atoms with Crippen LogP contribution in [0.1, 0.15) is 31.1 Å². The third-order valence-electron chi connectivity index (χ3n) is 7.01. The van der Waals surface area contributed by atoms with Gasteiger partial charge in [0.1, 0.15) is 28.9 Å². The molecule has 0 saturated heterocycles. The Balaban J connectivity index is 1.95. The van der Waals surface area contributed by atoms with Gasteiger partial charge < -0.3 is 18.6 Å². The van der Waals surface area contributed by atoms with Gasteiger partial charge in [0.25, 0.3) is 10.0 Å². The molecule has 3 rings (SSSR count). The minimum absolute atomic E-state index is 0.0157. The van der Waals surface area contributed by atoms with E-state index in [0.29, 0.717) is 18.4 Å². The topological polar surface area (TPSA) is 100 Å². The van der Waals surface area contributed by atoms with Crippen LogP contribution in [0.25, 0.3) is 11.1 Å². The maximum atomic E-state index is 15.1. The molecule has 42 heavy (non-hydrogen) atoms. The number of hydrogen-bond donors (Lipinski definition) is 1. The average Bonchev–Trinajstić information content (AvgIpc) is 2.91. The van der Waals surface area contributed by atoms with Gasteiger partial charge in [-0.15, -0.1) is 0 Å². The molecular weight excluding hydrogens is 608 g/mol. The van der Waals surface area contributed by atoms with E-state index in [1.807, 2.05) is 0 Å². The third kappa shape index (κ3) is 7.41. The van der Waals surface area contributed by atoms with E-state index < -0.39 is 46.5 Å². The number of methoxy groups -OCH3 is 2. The van der Waals surface area contributed by atoms with Gasteiger partial charge in [-0.3, -0.25) is 4.72 Å². The van der Waals surface area contributed by atoms with E-state index in [1.165, 1.54) is 13.2 Å². The maximum Gasteiger partial charge on any atom is 0.337 e. The fraction of sp³-hybridized carbons (Fsp3) is 0.345. The van der Waals surface area contributed by atoms with Crippen LogP contribution in [0.2, 0.25) is 23.2 Å². The molecule has 0 bridgehead atoms. The molecule has 0 saturated carbocycles. The Bertz CT molecular complexity index is 1580. The highest BCUT2D eigenvalue weighted by molar-refractivity contribution is 7.92. The number of ether oxygens (including phenoxy) is 3. The number of nitrogens with one attached hydrogen (secondary N) is 1. The van der Waals surface area contributed by atoms with Crippen LogP contribution in [-0.4, -0.2) is 50.1 Å². The Hall–Kier alpha value is -3.19. The number of esters is 1. The molecule has 8 nitrogen and oxygen atoms in total. The van der Waals surface area contributed by atoms with E-state index >= 15 is 4.39 Å². The van der Waals surface area contributed by atoms with Gasteiger partial charge in [0.05, 0.1) is 37.1 Å². The molecule has 0 heterocycles. The molecule has 0 atom stereocenters. The minimum atomic E-state index is -4.60. The summed E-state index contributed by atoms with van der Waals surface area (Å²) in [4.78, 5) is 11.5. The molecule has 0 aliphatic carbocycles. The van der Waals surface area contributed by atoms with Crippen LogP contribution in [0, 0.1) is 11.6 Å². The van der Waals surface area contributed by atoms with Gasteiger partial charge in [-0.05, 0) is 42.4 Å². The van der Waals surface area contributed by atoms with Crippen molar-refractivity contribution in [1.29, 1.82) is 0 Å². The van der Waals surface area contributed by atoms with Crippen molar-refractivity contribution < 1.29 is 40.6 Å². The monoisotopic (exact) mass is 641 g/mol. The van der Waals surface area contributed by atoms with Gasteiger partial charge in [-0.2, -0.15) is 0 Å². The lowest BCUT2D eigenvalue weighted by molar-refractivity contribution is 0.0600. The second kappa shape index (κ2) is 13.0. The quantitative estimate of drug-likeness (QED) is 0.133. The van der Waals surface area contributed by atoms with E-state index in [-0.39, 0.29) is 39.1 Å². The van der Waals surface area contributed by atoms with E-state index in [1.54, 1.807) is 24.3 Å². The molecule has 0 aromatic heterocycles. The van der Waals surface area contributed by atoms with Crippen LogP contribution in [0.5, 0.6) is 11.5 Å². The summed E-state index contributed by atoms with van der Waals surface area (Å²) in [6, 6.07) is 10.3. The molecule has 228 valence electrons. The Morgan fingerprint density at radius 1 is 0.976 bits per heavy atom. The van der Waals surface area contributed by atoms with E-state index in [4.69, 9.17) is 25.5 Å². The van der Waals surface area contributed by atoms with Crippen LogP contribution < -0.4 is 14.2 Å². The summed E-state index contributed by atoms with van der Waals surface area (Å²) in [6.45, 7) is 11.1. The second-order valence-electron chi connectivity index (χ2n) is 10.9. The van der Waals surface area contributed by atoms with Crippen molar-refractivity contribution in [2.75, 3.05) is 32.2 Å². The van der Waals surface area contributed by atoms with Crippen molar-refractivity contribution >= 4 is 41.6 Å². The summed E-state index contributed by atoms with van der Waals surface area (Å²) in [5, 5.41) is -0.174. The lowest BCUT2D eigenvalue weighted by Crippen LogP contribution is -2.41. The average molecular weight is 642 g/mol. The van der Waals surface area contributed by atoms with Crippen LogP contribution in [0.4, 0.5) is 14.5 Å². The molecule has 0 radical (unpaired) electrons. The first kappa shape index (κ1) is 33.3. The third-order valence-corrected chi connectivity index (χ3v) is 13.2. The van der Waals surface area contributed by atoms with Gasteiger partial charge in [0.2, 0.25) is 0 Å². The summed E-state index contributed by atoms with van der Waals surface area (Å²) in [7, 11) is -4.31. The Labute approximate surface area is 251 Å². The van der Waals surface area contributed by atoms with Crippen LogP contribution in [0.3, 0.4) is 0 Å². The molecule has 0 spiro atoms. The van der Waals surface area contributed by atoms with Gasteiger partial charge >= 0.3 is 5.97 Å². The molecular formula is C29H34ClF2NO7SSi. The van der Waals surface area contributed by atoms with Crippen LogP contribution in [0.15, 0.2) is 53.4 Å². The largest absolute Gasteiger partial charge is 0.494 e. The number of hydrogen-bond acceptors (Lipinski definition) is 7. The van der Waals surface area contributed by atoms with Crippen molar-refractivity contribution in [3.05, 3.63) is 70.8 Å². The SMILES string of the molecule is COC(=O)c1cc(Cl)c(OC)c(S(=O)(=O)Nc2cc(-c3ccccc3OCCO[Si](C)(C)C(C)(C)C)c(F)cc2F)c1. The zero-order valence-corrected chi connectivity index (χ0v) is 27.0. The van der Waals surface area contributed by atoms with Gasteiger partial charge in [0.15, 0.2) is 14.1 Å². The summed E-state index contributed by atoms with van der Waals surface area (Å²) >= 11 is 6.15. The first-order chi connectivity index (χ1) is 19.5. The van der Waals surface area contributed by atoms with Crippen molar-refractivity contribution in [3.63, 3.8) is 0 Å². The molecule has 13 heteroatoms. The molecule has 0 amide bonds. The number of carbonyl (C=O) groups is 1. The highest BCUT2D eigenvalue weighted by Gasteiger charge is 2.37. The van der Waals surface area contributed by atoms with Gasteiger partial charge in [0, 0.05) is 17.2 Å². The molecule has 0 fully saturated rings. The Morgan fingerprint density at radius 2 is 1.64 bits per heavy atom. The number of benzene rings is 3. The smallest absolute Gasteiger partial charge is 0.337 e. The molecule has 1 N–H and O–H groups in total. The maximum absolute atomic E-state index is 15.1. The van der Waals surface area contributed by atoms with Crippen molar-refractivity contribution in [2.45, 2.75) is 43.8 Å². The van der Waals surface area contributed by atoms with Crippen molar-refractivity contribution in [1.82, 2.24) is 0 Å². The summed E-state index contributed by atoms with van der Waals surface area (Å²) in [6.07, 6.45) is 0. The summed E-state index contributed by atoms with van der Waals surface area (Å²) in [5.74, 6) is -2.93. The van der Waals surface area contributed by atoms with E-state index in [9.17, 15) is 17.6 Å². The Kier molecular flexibility index (Phi) is 10.3. The molecule has 0 unspecified atom stereocenters. The second-order valence-corrected chi connectivity index (χ2v) is 17.7. The minimum Gasteiger partial charge on any atom is -0.494 e. The fourth-order valence-corrected chi connectivity index (χ4v) is 6.37. The normalized spacial score (nSPS) is 12.1. The molecule has 0 aliphatic heterocycles. The number of anilines is 1. The standard InChI is InChI=1S/C29H34ClF2NO7SSi/c1-29(2,3)42(6,7)40-13-12-39-25-11-9-8-10-19(25)20-16-24(23(32)17-22(20)31)33-41(35,36)26-15-18(28(34)38-5)14-21(30)27(26)37-4/h8-11,14-17,33H,12-13H2,1-7H3. The van der Waals surface area contributed by atoms with Crippen LogP contribution in [-0.2, 0) is 19.2 Å². The highest BCUT2D eigenvalue weighted by atomic mass is 35.5. The Morgan fingerprint density at radius 3 is 2.26 bits per heavy atom. The van der Waals surface area contributed by atoms with Crippen LogP contribution >= 0.6 is 11.6 Å². The zero-order chi connectivity index (χ0) is 31.5. The highest BCUT2D eigenvalue weighted by Crippen LogP contribution is 2.39. The van der Waals surface area contributed by atoms with E-state index in [2.05, 4.69) is 43.3 Å². The molecule has 0 aliphatic rings. The van der Waals surface area contributed by atoms with Gasteiger partial charge in [-0.25, -0.2) is 22.0 Å². The summed E-state index contributed by atoms with van der Waals surface area (Å²) < 4.78 is 80.7. The number of para-hydroxylation sites is 1. The summed E-state index contributed by atoms with van der Waals surface area (Å²) in [5.41, 5.74) is -0.559. The van der Waals surface area contributed by atoms with Gasteiger partial charge in [-0.1, -0.05) is 50.6 Å². The number of carbonyl (C=O) groups excluding carboxylic acids is 1. The number of rotatable bonds is 11. The zero-order valence-electron chi connectivity index (χ0n) is 24.4. The number of halogens is 3. The predicted octanol–water partition coefficient (Wildman–Crippen LogP) is 7.28.